The van der Waals surface area contributed by atoms with Crippen molar-refractivity contribution in [3.05, 3.63) is 35.1 Å². The Hall–Kier alpha value is -1.33. The van der Waals surface area contributed by atoms with Gasteiger partial charge >= 0.3 is 0 Å². The molecule has 0 N–H and O–H groups in total. The summed E-state index contributed by atoms with van der Waals surface area (Å²) in [5, 5.41) is 0. The van der Waals surface area contributed by atoms with E-state index < -0.39 is 11.5 Å². The molecule has 122 valence electrons. The summed E-state index contributed by atoms with van der Waals surface area (Å²) in [6.07, 6.45) is 1.81. The van der Waals surface area contributed by atoms with Crippen molar-refractivity contribution >= 4 is 6.29 Å². The molecule has 1 aliphatic rings. The van der Waals surface area contributed by atoms with Gasteiger partial charge in [0, 0.05) is 19.2 Å². The molecule has 5 heteroatoms. The molecule has 1 aromatic carbocycles. The second-order valence-electron chi connectivity index (χ2n) is 6.01. The zero-order chi connectivity index (χ0) is 16.2. The SMILES string of the molecule is COCCN1CCC(c2cccc(C(C)(F)C=O)c2F)CC1. The molecule has 1 atom stereocenters. The molecule has 0 amide bonds. The first-order valence-electron chi connectivity index (χ1n) is 7.65. The molecule has 3 nitrogen and oxygen atoms in total. The Kier molecular flexibility index (Phi) is 5.64. The average Bonchev–Trinajstić information content (AvgIpc) is 2.53. The minimum Gasteiger partial charge on any atom is -0.383 e. The van der Waals surface area contributed by atoms with Gasteiger partial charge in [0.15, 0.2) is 12.0 Å². The Morgan fingerprint density at radius 1 is 1.41 bits per heavy atom. The van der Waals surface area contributed by atoms with Gasteiger partial charge in [-0.15, -0.1) is 0 Å². The molecule has 22 heavy (non-hydrogen) atoms. The predicted molar refractivity (Wildman–Crippen MR) is 81.2 cm³/mol. The summed E-state index contributed by atoms with van der Waals surface area (Å²) < 4.78 is 33.8. The molecule has 2 rings (SSSR count). The van der Waals surface area contributed by atoms with Crippen molar-refractivity contribution in [2.75, 3.05) is 33.4 Å². The number of methoxy groups -OCH3 is 1. The molecule has 1 unspecified atom stereocenters. The maximum Gasteiger partial charge on any atom is 0.190 e. The zero-order valence-electron chi connectivity index (χ0n) is 13.1. The van der Waals surface area contributed by atoms with Crippen molar-refractivity contribution in [3.63, 3.8) is 0 Å². The van der Waals surface area contributed by atoms with Crippen molar-refractivity contribution in [2.24, 2.45) is 0 Å². The number of likely N-dealkylation sites (tertiary alicyclic amines) is 1. The van der Waals surface area contributed by atoms with Crippen molar-refractivity contribution in [3.8, 4) is 0 Å². The van der Waals surface area contributed by atoms with Gasteiger partial charge in [0.1, 0.15) is 5.82 Å². The van der Waals surface area contributed by atoms with E-state index >= 15 is 0 Å². The molecule has 0 bridgehead atoms. The van der Waals surface area contributed by atoms with Gasteiger partial charge in [-0.2, -0.15) is 0 Å². The van der Waals surface area contributed by atoms with E-state index in [9.17, 15) is 13.6 Å². The van der Waals surface area contributed by atoms with Gasteiger partial charge in [0.05, 0.1) is 6.61 Å². The third-order valence-corrected chi connectivity index (χ3v) is 4.42. The van der Waals surface area contributed by atoms with Crippen LogP contribution in [-0.2, 0) is 15.2 Å². The molecule has 0 spiro atoms. The van der Waals surface area contributed by atoms with E-state index in [0.29, 0.717) is 12.2 Å². The minimum atomic E-state index is -2.28. The largest absolute Gasteiger partial charge is 0.383 e. The predicted octanol–water partition coefficient (Wildman–Crippen LogP) is 3.04. The van der Waals surface area contributed by atoms with Crippen LogP contribution >= 0.6 is 0 Å². The highest BCUT2D eigenvalue weighted by molar-refractivity contribution is 5.65. The Balaban J connectivity index is 2.11. The van der Waals surface area contributed by atoms with E-state index in [1.807, 2.05) is 0 Å². The highest BCUT2D eigenvalue weighted by Crippen LogP contribution is 2.34. The smallest absolute Gasteiger partial charge is 0.190 e. The minimum absolute atomic E-state index is 0.0706. The van der Waals surface area contributed by atoms with Gasteiger partial charge in [0.25, 0.3) is 0 Å². The van der Waals surface area contributed by atoms with E-state index in [0.717, 1.165) is 39.4 Å². The Labute approximate surface area is 130 Å². The lowest BCUT2D eigenvalue weighted by Crippen LogP contribution is -2.35. The lowest BCUT2D eigenvalue weighted by Gasteiger charge is -2.32. The number of ether oxygens (including phenoxy) is 1. The number of carbonyl (C=O) groups excluding carboxylic acids is 1. The van der Waals surface area contributed by atoms with E-state index in [-0.39, 0.29) is 17.8 Å². The quantitative estimate of drug-likeness (QED) is 0.756. The van der Waals surface area contributed by atoms with Crippen LogP contribution < -0.4 is 0 Å². The molecule has 1 aromatic rings. The van der Waals surface area contributed by atoms with E-state index in [4.69, 9.17) is 4.74 Å². The van der Waals surface area contributed by atoms with Crippen molar-refractivity contribution in [1.82, 2.24) is 4.90 Å². The molecule has 0 saturated carbocycles. The van der Waals surface area contributed by atoms with Crippen LogP contribution in [0.3, 0.4) is 0 Å². The van der Waals surface area contributed by atoms with Gasteiger partial charge in [-0.25, -0.2) is 8.78 Å². The third kappa shape index (κ3) is 3.70. The molecule has 0 aromatic heterocycles. The summed E-state index contributed by atoms with van der Waals surface area (Å²) >= 11 is 0. The fourth-order valence-electron chi connectivity index (χ4n) is 2.99. The van der Waals surface area contributed by atoms with E-state index in [1.54, 1.807) is 19.2 Å². The average molecular weight is 311 g/mol. The molecule has 1 aliphatic heterocycles. The Morgan fingerprint density at radius 2 is 2.09 bits per heavy atom. The number of carbonyl (C=O) groups is 1. The topological polar surface area (TPSA) is 29.5 Å². The highest BCUT2D eigenvalue weighted by Gasteiger charge is 2.31. The number of piperidine rings is 1. The molecule has 1 fully saturated rings. The fraction of sp³-hybridized carbons (Fsp3) is 0.588. The van der Waals surface area contributed by atoms with Gasteiger partial charge < -0.3 is 9.64 Å². The van der Waals surface area contributed by atoms with Crippen LogP contribution in [0.4, 0.5) is 8.78 Å². The highest BCUT2D eigenvalue weighted by atomic mass is 19.1. The summed E-state index contributed by atoms with van der Waals surface area (Å²) in [6, 6.07) is 4.68. The van der Waals surface area contributed by atoms with Crippen LogP contribution in [0.1, 0.15) is 36.8 Å². The molecule has 1 heterocycles. The Bertz CT molecular complexity index is 511. The van der Waals surface area contributed by atoms with E-state index in [2.05, 4.69) is 4.90 Å². The summed E-state index contributed by atoms with van der Waals surface area (Å²) in [7, 11) is 1.68. The van der Waals surface area contributed by atoms with Crippen LogP contribution in [0.15, 0.2) is 18.2 Å². The van der Waals surface area contributed by atoms with Crippen LogP contribution in [0.2, 0.25) is 0 Å². The van der Waals surface area contributed by atoms with Gasteiger partial charge in [-0.3, -0.25) is 4.79 Å². The number of halogens is 2. The van der Waals surface area contributed by atoms with Crippen LogP contribution in [0, 0.1) is 5.82 Å². The molecule has 0 radical (unpaired) electrons. The van der Waals surface area contributed by atoms with Crippen molar-refractivity contribution < 1.29 is 18.3 Å². The second-order valence-corrected chi connectivity index (χ2v) is 6.01. The van der Waals surface area contributed by atoms with Gasteiger partial charge in [-0.1, -0.05) is 18.2 Å². The number of hydrogen-bond donors (Lipinski definition) is 0. The lowest BCUT2D eigenvalue weighted by molar-refractivity contribution is -0.117. The number of nitrogens with zero attached hydrogens (tertiary/aromatic N) is 1. The second kappa shape index (κ2) is 7.29. The standard InChI is InChI=1S/C17H23F2NO2/c1-17(19,12-21)15-5-3-4-14(16(15)18)13-6-8-20(9-7-13)10-11-22-2/h3-5,12-13H,6-11H2,1-2H3. The first-order chi connectivity index (χ1) is 10.5. The summed E-state index contributed by atoms with van der Waals surface area (Å²) in [5.41, 5.74) is -1.92. The van der Waals surface area contributed by atoms with Crippen molar-refractivity contribution in [1.29, 1.82) is 0 Å². The van der Waals surface area contributed by atoms with Crippen LogP contribution in [-0.4, -0.2) is 44.5 Å². The van der Waals surface area contributed by atoms with Crippen LogP contribution in [0.5, 0.6) is 0 Å². The summed E-state index contributed by atoms with van der Waals surface area (Å²) in [6.45, 7) is 4.40. The lowest BCUT2D eigenvalue weighted by atomic mass is 9.86. The van der Waals surface area contributed by atoms with Gasteiger partial charge in [0.2, 0.25) is 0 Å². The first kappa shape index (κ1) is 17.0. The summed E-state index contributed by atoms with van der Waals surface area (Å²) in [4.78, 5) is 13.1. The molecular weight excluding hydrogens is 288 g/mol. The Morgan fingerprint density at radius 3 is 2.68 bits per heavy atom. The number of rotatable bonds is 6. The molecular formula is C17H23F2NO2. The maximum atomic E-state index is 14.6. The number of benzene rings is 1. The van der Waals surface area contributed by atoms with Crippen molar-refractivity contribution in [2.45, 2.75) is 31.4 Å². The number of aldehydes is 1. The summed E-state index contributed by atoms with van der Waals surface area (Å²) in [5.74, 6) is -0.504. The van der Waals surface area contributed by atoms with Crippen LogP contribution in [0.25, 0.3) is 0 Å². The fourth-order valence-corrected chi connectivity index (χ4v) is 2.99. The van der Waals surface area contributed by atoms with E-state index in [1.165, 1.54) is 6.07 Å². The maximum absolute atomic E-state index is 14.6. The third-order valence-electron chi connectivity index (χ3n) is 4.42. The normalized spacial score (nSPS) is 19.8. The zero-order valence-corrected chi connectivity index (χ0v) is 13.1. The number of alkyl halides is 1. The van der Waals surface area contributed by atoms with Gasteiger partial charge in [-0.05, 0) is 44.3 Å². The first-order valence-corrected chi connectivity index (χ1v) is 7.65. The number of hydrogen-bond acceptors (Lipinski definition) is 3. The monoisotopic (exact) mass is 311 g/mol. The molecule has 1 saturated heterocycles. The molecule has 0 aliphatic carbocycles.